The Morgan fingerprint density at radius 1 is 1.06 bits per heavy atom. The Bertz CT molecular complexity index is 374. The Balaban J connectivity index is 2.68. The molecule has 1 nitrogen and oxygen atoms in total. The molecule has 0 saturated heterocycles. The number of benzene rings is 1. The van der Waals surface area contributed by atoms with Crippen LogP contribution in [0.1, 0.15) is 44.7 Å². The fourth-order valence-corrected chi connectivity index (χ4v) is 1.58. The van der Waals surface area contributed by atoms with Gasteiger partial charge in [-0.1, -0.05) is 19.1 Å². The van der Waals surface area contributed by atoms with Crippen LogP contribution < -0.4 is 5.32 Å². The molecule has 4 heteroatoms. The Hall–Kier alpha value is -1.03. The fourth-order valence-electron chi connectivity index (χ4n) is 1.58. The van der Waals surface area contributed by atoms with Crippen LogP contribution in [-0.2, 0) is 6.18 Å². The molecule has 1 aromatic carbocycles. The molecule has 18 heavy (non-hydrogen) atoms. The van der Waals surface area contributed by atoms with Gasteiger partial charge in [0, 0.05) is 12.1 Å². The first-order valence-electron chi connectivity index (χ1n) is 6.02. The Kier molecular flexibility index (Phi) is 4.43. The van der Waals surface area contributed by atoms with Crippen LogP contribution in [-0.4, -0.2) is 12.1 Å². The lowest BCUT2D eigenvalue weighted by atomic mass is 9.98. The van der Waals surface area contributed by atoms with Crippen LogP contribution in [0.5, 0.6) is 0 Å². The summed E-state index contributed by atoms with van der Waals surface area (Å²) in [6, 6.07) is 5.39. The van der Waals surface area contributed by atoms with Crippen molar-refractivity contribution in [1.29, 1.82) is 0 Å². The third kappa shape index (κ3) is 4.69. The van der Waals surface area contributed by atoms with Crippen LogP contribution in [0.2, 0.25) is 0 Å². The highest BCUT2D eigenvalue weighted by atomic mass is 19.4. The lowest BCUT2D eigenvalue weighted by Crippen LogP contribution is -2.38. The zero-order chi connectivity index (χ0) is 14.0. The molecule has 1 atom stereocenters. The van der Waals surface area contributed by atoms with Crippen molar-refractivity contribution in [2.75, 3.05) is 6.54 Å². The van der Waals surface area contributed by atoms with E-state index in [1.807, 2.05) is 6.92 Å². The van der Waals surface area contributed by atoms with Crippen molar-refractivity contribution in [2.24, 2.45) is 0 Å². The molecule has 0 saturated carbocycles. The average Bonchev–Trinajstić information content (AvgIpc) is 2.24. The molecule has 0 amide bonds. The molecule has 0 aliphatic carbocycles. The topological polar surface area (TPSA) is 12.0 Å². The Labute approximate surface area is 106 Å². The van der Waals surface area contributed by atoms with Gasteiger partial charge >= 0.3 is 6.18 Å². The number of nitrogens with one attached hydrogen (secondary N) is 1. The second kappa shape index (κ2) is 5.31. The van der Waals surface area contributed by atoms with Crippen LogP contribution >= 0.6 is 0 Å². The van der Waals surface area contributed by atoms with Crippen molar-refractivity contribution in [3.8, 4) is 0 Å². The third-order valence-corrected chi connectivity index (χ3v) is 2.75. The second-order valence-electron chi connectivity index (χ2n) is 5.65. The van der Waals surface area contributed by atoms with Gasteiger partial charge < -0.3 is 5.32 Å². The van der Waals surface area contributed by atoms with Gasteiger partial charge in [0.25, 0.3) is 0 Å². The third-order valence-electron chi connectivity index (χ3n) is 2.75. The molecule has 1 unspecified atom stereocenters. The Morgan fingerprint density at radius 3 is 1.94 bits per heavy atom. The number of halogens is 3. The van der Waals surface area contributed by atoms with E-state index < -0.39 is 11.7 Å². The molecule has 1 N–H and O–H groups in total. The predicted octanol–water partition coefficient (Wildman–Crippen LogP) is 4.20. The van der Waals surface area contributed by atoms with Crippen LogP contribution in [0.3, 0.4) is 0 Å². The molecule has 0 heterocycles. The standard InChI is InChI=1S/C14H20F3N/c1-10(9-18-13(2,3)4)11-5-7-12(8-6-11)14(15,16)17/h5-8,10,18H,9H2,1-4H3. The highest BCUT2D eigenvalue weighted by Gasteiger charge is 2.30. The van der Waals surface area contributed by atoms with Crippen molar-refractivity contribution in [3.63, 3.8) is 0 Å². The van der Waals surface area contributed by atoms with E-state index in [4.69, 9.17) is 0 Å². The molecule has 0 aliphatic rings. The summed E-state index contributed by atoms with van der Waals surface area (Å²) in [6.45, 7) is 8.93. The largest absolute Gasteiger partial charge is 0.416 e. The summed E-state index contributed by atoms with van der Waals surface area (Å²) in [5.74, 6) is 0.187. The SMILES string of the molecule is CC(CNC(C)(C)C)c1ccc(C(F)(F)F)cc1. The van der Waals surface area contributed by atoms with Gasteiger partial charge in [0.1, 0.15) is 0 Å². The van der Waals surface area contributed by atoms with Crippen molar-refractivity contribution in [1.82, 2.24) is 5.32 Å². The van der Waals surface area contributed by atoms with E-state index in [9.17, 15) is 13.2 Å². The van der Waals surface area contributed by atoms with Crippen LogP contribution in [0.25, 0.3) is 0 Å². The van der Waals surface area contributed by atoms with Gasteiger partial charge in [0.2, 0.25) is 0 Å². The molecular formula is C14H20F3N. The van der Waals surface area contributed by atoms with Crippen molar-refractivity contribution >= 4 is 0 Å². The molecule has 1 aromatic rings. The number of alkyl halides is 3. The van der Waals surface area contributed by atoms with Gasteiger partial charge in [0.05, 0.1) is 5.56 Å². The van der Waals surface area contributed by atoms with Crippen molar-refractivity contribution in [3.05, 3.63) is 35.4 Å². The van der Waals surface area contributed by atoms with Crippen LogP contribution in [0, 0.1) is 0 Å². The van der Waals surface area contributed by atoms with Gasteiger partial charge in [0.15, 0.2) is 0 Å². The van der Waals surface area contributed by atoms with E-state index in [1.165, 1.54) is 0 Å². The first-order valence-corrected chi connectivity index (χ1v) is 6.02. The summed E-state index contributed by atoms with van der Waals surface area (Å²) in [5, 5.41) is 3.34. The van der Waals surface area contributed by atoms with Gasteiger partial charge in [-0.15, -0.1) is 0 Å². The lowest BCUT2D eigenvalue weighted by Gasteiger charge is -2.23. The van der Waals surface area contributed by atoms with E-state index in [0.717, 1.165) is 24.2 Å². The fraction of sp³-hybridized carbons (Fsp3) is 0.571. The minimum Gasteiger partial charge on any atom is -0.311 e. The number of hydrogen-bond acceptors (Lipinski definition) is 1. The van der Waals surface area contributed by atoms with Gasteiger partial charge in [-0.3, -0.25) is 0 Å². The van der Waals surface area contributed by atoms with E-state index >= 15 is 0 Å². The lowest BCUT2D eigenvalue weighted by molar-refractivity contribution is -0.137. The molecule has 0 aromatic heterocycles. The monoisotopic (exact) mass is 259 g/mol. The van der Waals surface area contributed by atoms with Crippen molar-refractivity contribution in [2.45, 2.75) is 45.3 Å². The summed E-state index contributed by atoms with van der Waals surface area (Å²) >= 11 is 0. The Morgan fingerprint density at radius 2 is 1.56 bits per heavy atom. The quantitative estimate of drug-likeness (QED) is 0.858. The first-order chi connectivity index (χ1) is 8.09. The van der Waals surface area contributed by atoms with Gasteiger partial charge in [-0.25, -0.2) is 0 Å². The predicted molar refractivity (Wildman–Crippen MR) is 67.6 cm³/mol. The maximum Gasteiger partial charge on any atom is 0.416 e. The summed E-state index contributed by atoms with van der Waals surface area (Å²) in [5.41, 5.74) is 0.335. The number of hydrogen-bond donors (Lipinski definition) is 1. The summed E-state index contributed by atoms with van der Waals surface area (Å²) in [6.07, 6.45) is -4.26. The molecule has 1 rings (SSSR count). The molecular weight excluding hydrogens is 239 g/mol. The van der Waals surface area contributed by atoms with Crippen LogP contribution in [0.4, 0.5) is 13.2 Å². The highest BCUT2D eigenvalue weighted by molar-refractivity contribution is 5.27. The zero-order valence-electron chi connectivity index (χ0n) is 11.2. The smallest absolute Gasteiger partial charge is 0.311 e. The summed E-state index contributed by atoms with van der Waals surface area (Å²) in [4.78, 5) is 0. The second-order valence-corrected chi connectivity index (χ2v) is 5.65. The molecule has 0 aliphatic heterocycles. The molecule has 0 fully saturated rings. The maximum absolute atomic E-state index is 12.4. The average molecular weight is 259 g/mol. The zero-order valence-corrected chi connectivity index (χ0v) is 11.2. The van der Waals surface area contributed by atoms with E-state index in [0.29, 0.717) is 0 Å². The number of rotatable bonds is 3. The minimum absolute atomic E-state index is 0.0141. The molecule has 0 bridgehead atoms. The molecule has 0 spiro atoms. The van der Waals surface area contributed by atoms with Crippen LogP contribution in [0.15, 0.2) is 24.3 Å². The highest BCUT2D eigenvalue weighted by Crippen LogP contribution is 2.30. The van der Waals surface area contributed by atoms with Gasteiger partial charge in [-0.2, -0.15) is 13.2 Å². The van der Waals surface area contributed by atoms with Gasteiger partial charge in [-0.05, 0) is 44.4 Å². The van der Waals surface area contributed by atoms with Crippen molar-refractivity contribution < 1.29 is 13.2 Å². The maximum atomic E-state index is 12.4. The minimum atomic E-state index is -4.26. The van der Waals surface area contributed by atoms with E-state index in [-0.39, 0.29) is 11.5 Å². The van der Waals surface area contributed by atoms with E-state index in [1.54, 1.807) is 12.1 Å². The molecule has 102 valence electrons. The summed E-state index contributed by atoms with van der Waals surface area (Å²) < 4.78 is 37.2. The normalized spacial score (nSPS) is 14.6. The summed E-state index contributed by atoms with van der Waals surface area (Å²) in [7, 11) is 0. The first kappa shape index (κ1) is 15.0. The van der Waals surface area contributed by atoms with E-state index in [2.05, 4.69) is 26.1 Å². The molecule has 0 radical (unpaired) electrons.